The maximum atomic E-state index is 12.5. The summed E-state index contributed by atoms with van der Waals surface area (Å²) in [6.07, 6.45) is 3.43. The number of aromatic nitrogens is 2. The second-order valence-electron chi connectivity index (χ2n) is 10.1. The number of carbonyl (C=O) groups excluding carboxylic acids is 2. The lowest BCUT2D eigenvalue weighted by Crippen LogP contribution is -2.22. The highest BCUT2D eigenvalue weighted by atomic mass is 28.3. The van der Waals surface area contributed by atoms with Crippen LogP contribution in [0, 0.1) is 11.8 Å². The van der Waals surface area contributed by atoms with Crippen LogP contribution in [0.5, 0.6) is 11.5 Å². The summed E-state index contributed by atoms with van der Waals surface area (Å²) in [6, 6.07) is 10.4. The minimum Gasteiger partial charge on any atom is -0.496 e. The highest BCUT2D eigenvalue weighted by Crippen LogP contribution is 2.42. The molecule has 35 heavy (non-hydrogen) atoms. The van der Waals surface area contributed by atoms with Gasteiger partial charge in [-0.05, 0) is 36.7 Å². The van der Waals surface area contributed by atoms with Gasteiger partial charge in [-0.2, -0.15) is 0 Å². The fourth-order valence-electron chi connectivity index (χ4n) is 4.07. The number of fused-ring (bicyclic) bond motifs is 1. The number of nitrogens with zero attached hydrogens (tertiary/aromatic N) is 2. The molecular weight excluding hydrogens is 462 g/mol. The lowest BCUT2D eigenvalue weighted by atomic mass is 10.0. The van der Waals surface area contributed by atoms with E-state index in [9.17, 15) is 9.59 Å². The van der Waals surface area contributed by atoms with Gasteiger partial charge in [-0.25, -0.2) is 4.98 Å². The van der Waals surface area contributed by atoms with Crippen molar-refractivity contribution < 1.29 is 23.8 Å². The van der Waals surface area contributed by atoms with Gasteiger partial charge in [-0.3, -0.25) is 4.79 Å². The minimum atomic E-state index is -1.22. The molecule has 1 aliphatic rings. The quantitative estimate of drug-likeness (QED) is 0.233. The average Bonchev–Trinajstić information content (AvgIpc) is 3.55. The number of hydrogen-bond donors (Lipinski definition) is 1. The van der Waals surface area contributed by atoms with Crippen LogP contribution in [0.3, 0.4) is 0 Å². The predicted octanol–water partition coefficient (Wildman–Crippen LogP) is 4.81. The maximum absolute atomic E-state index is 12.5. The zero-order valence-corrected chi connectivity index (χ0v) is 22.0. The van der Waals surface area contributed by atoms with Gasteiger partial charge in [0.25, 0.3) is 0 Å². The fraction of sp³-hybridized carbons (Fsp3) is 0.423. The van der Waals surface area contributed by atoms with E-state index in [1.54, 1.807) is 20.3 Å². The molecule has 0 spiro atoms. The first-order valence-electron chi connectivity index (χ1n) is 11.8. The van der Waals surface area contributed by atoms with Crippen molar-refractivity contribution >= 4 is 37.1 Å². The van der Waals surface area contributed by atoms with Crippen LogP contribution in [0.1, 0.15) is 6.42 Å². The Morgan fingerprint density at radius 3 is 2.49 bits per heavy atom. The number of nitrogens with one attached hydrogen (secondary N) is 1. The molecule has 0 radical (unpaired) electrons. The van der Waals surface area contributed by atoms with E-state index in [4.69, 9.17) is 19.2 Å². The molecule has 1 aromatic carbocycles. The predicted molar refractivity (Wildman–Crippen MR) is 139 cm³/mol. The molecule has 9 heteroatoms. The van der Waals surface area contributed by atoms with Crippen LogP contribution in [0.2, 0.25) is 25.7 Å². The molecular formula is C26H33N3O5Si. The topological polar surface area (TPSA) is 91.7 Å². The molecule has 186 valence electrons. The van der Waals surface area contributed by atoms with Gasteiger partial charge < -0.3 is 28.9 Å². The van der Waals surface area contributed by atoms with E-state index in [1.165, 1.54) is 0 Å². The van der Waals surface area contributed by atoms with E-state index >= 15 is 0 Å². The standard InChI is InChI=1S/C26H33N3O5Si/c1-32-21-7-6-8-22(33-2)24(21)20-14-29(16-34-11-12-35(3,4)5)25-18(20)9-10-23(27-25)28-26(31)19-13-17(19)15-30/h6-10,14-15,17,19H,11-13,16H2,1-5H3,(H,27,28,31). The van der Waals surface area contributed by atoms with Crippen LogP contribution >= 0.6 is 0 Å². The van der Waals surface area contributed by atoms with Crippen molar-refractivity contribution in [2.45, 2.75) is 38.8 Å². The number of carbonyl (C=O) groups is 2. The number of benzene rings is 1. The Morgan fingerprint density at radius 1 is 1.17 bits per heavy atom. The number of ether oxygens (including phenoxy) is 3. The number of rotatable bonds is 11. The first-order chi connectivity index (χ1) is 16.8. The number of aldehydes is 1. The first kappa shape index (κ1) is 24.9. The summed E-state index contributed by atoms with van der Waals surface area (Å²) in [4.78, 5) is 28.2. The first-order valence-corrected chi connectivity index (χ1v) is 15.5. The second-order valence-corrected chi connectivity index (χ2v) is 15.7. The van der Waals surface area contributed by atoms with E-state index in [-0.39, 0.29) is 17.7 Å². The van der Waals surface area contributed by atoms with Crippen molar-refractivity contribution in [3.63, 3.8) is 0 Å². The highest BCUT2D eigenvalue weighted by molar-refractivity contribution is 6.76. The Kier molecular flexibility index (Phi) is 7.27. The van der Waals surface area contributed by atoms with Gasteiger partial charge in [0.05, 0.1) is 19.8 Å². The van der Waals surface area contributed by atoms with Crippen molar-refractivity contribution in [1.82, 2.24) is 9.55 Å². The molecule has 1 amide bonds. The van der Waals surface area contributed by atoms with Gasteiger partial charge in [0.2, 0.25) is 5.91 Å². The number of pyridine rings is 1. The normalized spacial score (nSPS) is 17.3. The SMILES string of the molecule is COc1cccc(OC)c1-c1cn(COCC[Si](C)(C)C)c2nc(NC(=O)C3CC3C=O)ccc12. The molecule has 1 fully saturated rings. The molecule has 2 aromatic heterocycles. The molecule has 2 atom stereocenters. The number of hydrogen-bond acceptors (Lipinski definition) is 6. The number of methoxy groups -OCH3 is 2. The highest BCUT2D eigenvalue weighted by Gasteiger charge is 2.42. The van der Waals surface area contributed by atoms with E-state index in [1.807, 2.05) is 35.0 Å². The van der Waals surface area contributed by atoms with Crippen LogP contribution < -0.4 is 14.8 Å². The lowest BCUT2D eigenvalue weighted by molar-refractivity contribution is -0.119. The number of amides is 1. The smallest absolute Gasteiger partial charge is 0.229 e. The summed E-state index contributed by atoms with van der Waals surface area (Å²) in [6.45, 7) is 7.96. The zero-order valence-electron chi connectivity index (χ0n) is 21.0. The van der Waals surface area contributed by atoms with Crippen molar-refractivity contribution in [1.29, 1.82) is 0 Å². The molecule has 0 saturated heterocycles. The third kappa shape index (κ3) is 5.57. The summed E-state index contributed by atoms with van der Waals surface area (Å²) in [5, 5.41) is 3.75. The molecule has 3 aromatic rings. The lowest BCUT2D eigenvalue weighted by Gasteiger charge is -2.15. The summed E-state index contributed by atoms with van der Waals surface area (Å²) >= 11 is 0. The molecule has 4 rings (SSSR count). The molecule has 0 bridgehead atoms. The van der Waals surface area contributed by atoms with Gasteiger partial charge in [-0.1, -0.05) is 25.7 Å². The van der Waals surface area contributed by atoms with Gasteiger partial charge in [-0.15, -0.1) is 0 Å². The van der Waals surface area contributed by atoms with Gasteiger partial charge in [0.15, 0.2) is 0 Å². The van der Waals surface area contributed by atoms with Crippen LogP contribution in [-0.4, -0.2) is 50.6 Å². The third-order valence-electron chi connectivity index (χ3n) is 6.25. The minimum absolute atomic E-state index is 0.176. The van der Waals surface area contributed by atoms with Crippen LogP contribution in [0.25, 0.3) is 22.2 Å². The average molecular weight is 496 g/mol. The van der Waals surface area contributed by atoms with Crippen molar-refractivity contribution in [3.05, 3.63) is 36.5 Å². The van der Waals surface area contributed by atoms with Gasteiger partial charge in [0, 0.05) is 43.7 Å². The fourth-order valence-corrected chi connectivity index (χ4v) is 4.83. The van der Waals surface area contributed by atoms with Crippen LogP contribution in [-0.2, 0) is 21.1 Å². The Bertz CT molecular complexity index is 1210. The van der Waals surface area contributed by atoms with E-state index in [2.05, 4.69) is 25.0 Å². The molecule has 8 nitrogen and oxygen atoms in total. The van der Waals surface area contributed by atoms with E-state index < -0.39 is 8.07 Å². The third-order valence-corrected chi connectivity index (χ3v) is 7.95. The molecule has 1 saturated carbocycles. The second kappa shape index (κ2) is 10.2. The van der Waals surface area contributed by atoms with E-state index in [0.717, 1.165) is 28.8 Å². The summed E-state index contributed by atoms with van der Waals surface area (Å²) in [5.74, 6) is 1.19. The van der Waals surface area contributed by atoms with Crippen LogP contribution in [0.4, 0.5) is 5.82 Å². The Labute approximate surface area is 206 Å². The Morgan fingerprint density at radius 2 is 1.89 bits per heavy atom. The van der Waals surface area contributed by atoms with Crippen molar-refractivity contribution in [2.75, 3.05) is 26.1 Å². The summed E-state index contributed by atoms with van der Waals surface area (Å²) < 4.78 is 19.3. The monoisotopic (exact) mass is 495 g/mol. The van der Waals surface area contributed by atoms with Crippen LogP contribution in [0.15, 0.2) is 36.5 Å². The number of anilines is 1. The molecule has 2 heterocycles. The molecule has 0 aliphatic heterocycles. The molecule has 2 unspecified atom stereocenters. The molecule has 1 aliphatic carbocycles. The van der Waals surface area contributed by atoms with Gasteiger partial charge >= 0.3 is 0 Å². The van der Waals surface area contributed by atoms with Crippen molar-refractivity contribution in [3.8, 4) is 22.6 Å². The maximum Gasteiger partial charge on any atom is 0.229 e. The van der Waals surface area contributed by atoms with Gasteiger partial charge in [0.1, 0.15) is 36.0 Å². The Hall–Kier alpha value is -3.17. The largest absolute Gasteiger partial charge is 0.496 e. The summed E-state index contributed by atoms with van der Waals surface area (Å²) in [5.41, 5.74) is 2.41. The Balaban J connectivity index is 1.71. The van der Waals surface area contributed by atoms with E-state index in [0.29, 0.717) is 42.7 Å². The zero-order chi connectivity index (χ0) is 25.2. The summed E-state index contributed by atoms with van der Waals surface area (Å²) in [7, 11) is 2.05. The van der Waals surface area contributed by atoms with Crippen molar-refractivity contribution in [2.24, 2.45) is 11.8 Å². The molecule has 1 N–H and O–H groups in total.